The highest BCUT2D eigenvalue weighted by Crippen LogP contribution is 2.14. The van der Waals surface area contributed by atoms with Gasteiger partial charge in [-0.15, -0.1) is 0 Å². The number of likely N-dealkylation sites (tertiary alicyclic amines) is 1. The Bertz CT molecular complexity index is 163. The number of aliphatic hydroxyl groups excluding tert-OH is 1. The highest BCUT2D eigenvalue weighted by molar-refractivity contribution is 4.84. The smallest absolute Gasteiger partial charge is 0.0976 e. The Morgan fingerprint density at radius 3 is 2.71 bits per heavy atom. The minimum absolute atomic E-state index is 0.0353. The van der Waals surface area contributed by atoms with Crippen molar-refractivity contribution in [2.45, 2.75) is 32.2 Å². The van der Waals surface area contributed by atoms with E-state index in [1.807, 2.05) is 13.8 Å². The van der Waals surface area contributed by atoms with Crippen LogP contribution in [0.15, 0.2) is 0 Å². The van der Waals surface area contributed by atoms with Gasteiger partial charge in [0, 0.05) is 26.7 Å². The fourth-order valence-electron chi connectivity index (χ4n) is 1.72. The van der Waals surface area contributed by atoms with Gasteiger partial charge in [0.25, 0.3) is 0 Å². The molecule has 0 saturated carbocycles. The van der Waals surface area contributed by atoms with Crippen molar-refractivity contribution in [1.82, 2.24) is 4.90 Å². The van der Waals surface area contributed by atoms with Crippen LogP contribution in [0.5, 0.6) is 0 Å². The molecule has 1 rings (SSSR count). The van der Waals surface area contributed by atoms with Gasteiger partial charge in [-0.25, -0.2) is 0 Å². The topological polar surface area (TPSA) is 41.9 Å². The van der Waals surface area contributed by atoms with Crippen LogP contribution >= 0.6 is 0 Å². The predicted molar refractivity (Wildman–Crippen MR) is 54.3 cm³/mol. The van der Waals surface area contributed by atoms with Gasteiger partial charge in [0.2, 0.25) is 0 Å². The van der Waals surface area contributed by atoms with E-state index in [1.165, 1.54) is 0 Å². The molecule has 0 aromatic heterocycles. The van der Waals surface area contributed by atoms with Gasteiger partial charge in [0.05, 0.1) is 24.9 Å². The Hall–Kier alpha value is -0.160. The molecule has 4 nitrogen and oxygen atoms in total. The third-order valence-electron chi connectivity index (χ3n) is 2.37. The van der Waals surface area contributed by atoms with Crippen molar-refractivity contribution < 1.29 is 14.6 Å². The van der Waals surface area contributed by atoms with E-state index < -0.39 is 0 Å². The SMILES string of the molecule is COCCN1C[C@H](OC(C)C)[C@@H](O)C1. The number of hydrogen-bond acceptors (Lipinski definition) is 4. The lowest BCUT2D eigenvalue weighted by atomic mass is 10.2. The first-order valence-corrected chi connectivity index (χ1v) is 5.18. The number of hydrogen-bond donors (Lipinski definition) is 1. The second-order valence-corrected chi connectivity index (χ2v) is 4.04. The van der Waals surface area contributed by atoms with Crippen molar-refractivity contribution in [3.63, 3.8) is 0 Å². The highest BCUT2D eigenvalue weighted by Gasteiger charge is 2.32. The summed E-state index contributed by atoms with van der Waals surface area (Å²) in [5, 5.41) is 9.70. The maximum absolute atomic E-state index is 9.70. The van der Waals surface area contributed by atoms with Crippen molar-refractivity contribution in [3.8, 4) is 0 Å². The van der Waals surface area contributed by atoms with E-state index in [-0.39, 0.29) is 18.3 Å². The molecule has 1 saturated heterocycles. The Labute approximate surface area is 85.8 Å². The van der Waals surface area contributed by atoms with Gasteiger partial charge in [-0.2, -0.15) is 0 Å². The lowest BCUT2D eigenvalue weighted by Gasteiger charge is -2.18. The lowest BCUT2D eigenvalue weighted by Crippen LogP contribution is -2.29. The molecule has 0 radical (unpaired) electrons. The van der Waals surface area contributed by atoms with E-state index in [0.717, 1.165) is 13.1 Å². The van der Waals surface area contributed by atoms with E-state index in [4.69, 9.17) is 9.47 Å². The standard InChI is InChI=1S/C10H21NO3/c1-8(2)14-10-7-11(4-5-13-3)6-9(10)12/h8-10,12H,4-7H2,1-3H3/t9-,10-/m0/s1. The summed E-state index contributed by atoms with van der Waals surface area (Å²) in [7, 11) is 1.69. The molecule has 0 aliphatic carbocycles. The van der Waals surface area contributed by atoms with Crippen molar-refractivity contribution in [2.75, 3.05) is 33.4 Å². The Kier molecular flexibility index (Phi) is 4.81. The van der Waals surface area contributed by atoms with E-state index in [0.29, 0.717) is 13.2 Å². The van der Waals surface area contributed by atoms with Crippen molar-refractivity contribution in [2.24, 2.45) is 0 Å². The van der Waals surface area contributed by atoms with Crippen molar-refractivity contribution >= 4 is 0 Å². The largest absolute Gasteiger partial charge is 0.389 e. The number of β-amino-alcohol motifs (C(OH)–C–C–N with tert-alkyl or cyclic N) is 1. The minimum atomic E-state index is -0.353. The summed E-state index contributed by atoms with van der Waals surface area (Å²) in [4.78, 5) is 2.17. The van der Waals surface area contributed by atoms with Crippen LogP contribution in [0.25, 0.3) is 0 Å². The zero-order chi connectivity index (χ0) is 10.6. The van der Waals surface area contributed by atoms with Crippen LogP contribution in [0.3, 0.4) is 0 Å². The molecule has 1 fully saturated rings. The highest BCUT2D eigenvalue weighted by atomic mass is 16.5. The molecule has 1 heterocycles. The predicted octanol–water partition coefficient (Wildman–Crippen LogP) is 0.103. The summed E-state index contributed by atoms with van der Waals surface area (Å²) >= 11 is 0. The average molecular weight is 203 g/mol. The Morgan fingerprint density at radius 2 is 2.14 bits per heavy atom. The van der Waals surface area contributed by atoms with E-state index in [1.54, 1.807) is 7.11 Å². The van der Waals surface area contributed by atoms with E-state index in [2.05, 4.69) is 4.90 Å². The fourth-order valence-corrected chi connectivity index (χ4v) is 1.72. The van der Waals surface area contributed by atoms with E-state index in [9.17, 15) is 5.11 Å². The summed E-state index contributed by atoms with van der Waals surface area (Å²) in [6, 6.07) is 0. The molecular weight excluding hydrogens is 182 g/mol. The van der Waals surface area contributed by atoms with Crippen LogP contribution in [0.2, 0.25) is 0 Å². The normalized spacial score (nSPS) is 28.9. The second-order valence-electron chi connectivity index (χ2n) is 4.04. The number of nitrogens with zero attached hydrogens (tertiary/aromatic N) is 1. The second kappa shape index (κ2) is 5.66. The van der Waals surface area contributed by atoms with Gasteiger partial charge in [-0.3, -0.25) is 4.90 Å². The van der Waals surface area contributed by atoms with Gasteiger partial charge >= 0.3 is 0 Å². The Balaban J connectivity index is 2.28. The molecule has 2 atom stereocenters. The maximum atomic E-state index is 9.70. The van der Waals surface area contributed by atoms with Gasteiger partial charge < -0.3 is 14.6 Å². The molecule has 1 aliphatic rings. The third-order valence-corrected chi connectivity index (χ3v) is 2.37. The Morgan fingerprint density at radius 1 is 1.43 bits per heavy atom. The summed E-state index contributed by atoms with van der Waals surface area (Å²) in [6.45, 7) is 7.06. The van der Waals surface area contributed by atoms with Crippen LogP contribution in [0.1, 0.15) is 13.8 Å². The van der Waals surface area contributed by atoms with Crippen LogP contribution in [-0.4, -0.2) is 61.7 Å². The molecule has 0 amide bonds. The van der Waals surface area contributed by atoms with Gasteiger partial charge in [0.1, 0.15) is 0 Å². The van der Waals surface area contributed by atoms with Gasteiger partial charge in [-0.05, 0) is 13.8 Å². The molecule has 0 spiro atoms. The minimum Gasteiger partial charge on any atom is -0.389 e. The number of rotatable bonds is 5. The monoisotopic (exact) mass is 203 g/mol. The molecule has 84 valence electrons. The fraction of sp³-hybridized carbons (Fsp3) is 1.00. The molecule has 0 aromatic carbocycles. The molecule has 0 bridgehead atoms. The first-order chi connectivity index (χ1) is 6.63. The molecule has 0 unspecified atom stereocenters. The molecule has 0 aromatic rings. The first-order valence-electron chi connectivity index (χ1n) is 5.18. The summed E-state index contributed by atoms with van der Waals surface area (Å²) in [5.41, 5.74) is 0. The lowest BCUT2D eigenvalue weighted by molar-refractivity contribution is -0.0396. The number of ether oxygens (including phenoxy) is 2. The van der Waals surface area contributed by atoms with Crippen LogP contribution in [-0.2, 0) is 9.47 Å². The maximum Gasteiger partial charge on any atom is 0.0976 e. The van der Waals surface area contributed by atoms with Gasteiger partial charge in [0.15, 0.2) is 0 Å². The zero-order valence-corrected chi connectivity index (χ0v) is 9.27. The molecular formula is C10H21NO3. The third kappa shape index (κ3) is 3.53. The molecule has 1 aliphatic heterocycles. The quantitative estimate of drug-likeness (QED) is 0.688. The average Bonchev–Trinajstić information content (AvgIpc) is 2.43. The summed E-state index contributed by atoms with van der Waals surface area (Å²) < 4.78 is 10.6. The number of methoxy groups -OCH3 is 1. The number of aliphatic hydroxyl groups is 1. The van der Waals surface area contributed by atoms with Crippen molar-refractivity contribution in [3.05, 3.63) is 0 Å². The first kappa shape index (κ1) is 11.9. The molecule has 1 N–H and O–H groups in total. The van der Waals surface area contributed by atoms with Crippen LogP contribution < -0.4 is 0 Å². The molecule has 4 heteroatoms. The van der Waals surface area contributed by atoms with Crippen molar-refractivity contribution in [1.29, 1.82) is 0 Å². The zero-order valence-electron chi connectivity index (χ0n) is 9.27. The van der Waals surface area contributed by atoms with Crippen LogP contribution in [0, 0.1) is 0 Å². The van der Waals surface area contributed by atoms with Crippen LogP contribution in [0.4, 0.5) is 0 Å². The summed E-state index contributed by atoms with van der Waals surface area (Å²) in [5.74, 6) is 0. The van der Waals surface area contributed by atoms with E-state index >= 15 is 0 Å². The summed E-state index contributed by atoms with van der Waals surface area (Å²) in [6.07, 6.45) is -0.210. The molecule has 14 heavy (non-hydrogen) atoms. The van der Waals surface area contributed by atoms with Gasteiger partial charge in [-0.1, -0.05) is 0 Å².